The molecule has 1 atom stereocenters. The van der Waals surface area contributed by atoms with Crippen molar-refractivity contribution in [1.82, 2.24) is 14.9 Å². The summed E-state index contributed by atoms with van der Waals surface area (Å²) < 4.78 is 2.04. The number of aryl methyl sites for hydroxylation is 1. The molecule has 1 aromatic heterocycles. The van der Waals surface area contributed by atoms with Crippen molar-refractivity contribution in [2.75, 3.05) is 6.54 Å². The molecule has 1 heterocycles. The highest BCUT2D eigenvalue weighted by Gasteiger charge is 2.13. The van der Waals surface area contributed by atoms with Crippen LogP contribution in [0.5, 0.6) is 0 Å². The molecule has 2 N–H and O–H groups in total. The number of aliphatic hydroxyl groups excluding tert-OH is 1. The smallest absolute Gasteiger partial charge is 0.108 e. The molecule has 1 unspecified atom stereocenters. The van der Waals surface area contributed by atoms with Gasteiger partial charge in [-0.25, -0.2) is 4.98 Å². The summed E-state index contributed by atoms with van der Waals surface area (Å²) in [5.41, 5.74) is 0.0438. The molecule has 0 radical (unpaired) electrons. The predicted octanol–water partition coefficient (Wildman–Crippen LogP) is 1.58. The summed E-state index contributed by atoms with van der Waals surface area (Å²) in [6.45, 7) is 9.64. The molecule has 0 fully saturated rings. The Morgan fingerprint density at radius 2 is 2.18 bits per heavy atom. The second-order valence-electron chi connectivity index (χ2n) is 5.53. The summed E-state index contributed by atoms with van der Waals surface area (Å²) in [5, 5.41) is 13.3. The van der Waals surface area contributed by atoms with Gasteiger partial charge in [-0.2, -0.15) is 0 Å². The first-order valence-electron chi connectivity index (χ1n) is 6.35. The van der Waals surface area contributed by atoms with Crippen molar-refractivity contribution in [3.8, 4) is 0 Å². The van der Waals surface area contributed by atoms with E-state index < -0.39 is 0 Å². The highest BCUT2D eigenvalue weighted by Crippen LogP contribution is 2.04. The van der Waals surface area contributed by atoms with Crippen molar-refractivity contribution < 1.29 is 5.11 Å². The van der Waals surface area contributed by atoms with Crippen molar-refractivity contribution in [1.29, 1.82) is 0 Å². The molecule has 0 saturated heterocycles. The highest BCUT2D eigenvalue weighted by molar-refractivity contribution is 4.93. The van der Waals surface area contributed by atoms with Gasteiger partial charge in [0, 0.05) is 30.9 Å². The molecule has 0 spiro atoms. The third-order valence-corrected chi connectivity index (χ3v) is 2.55. The van der Waals surface area contributed by atoms with E-state index in [2.05, 4.69) is 38.0 Å². The lowest BCUT2D eigenvalue weighted by Crippen LogP contribution is -2.42. The SMILES string of the molecule is CCCc1nccn1CC(O)CNC(C)(C)C. The molecule has 1 aromatic rings. The van der Waals surface area contributed by atoms with Crippen LogP contribution in [0.1, 0.15) is 39.9 Å². The van der Waals surface area contributed by atoms with E-state index in [1.807, 2.05) is 10.8 Å². The lowest BCUT2D eigenvalue weighted by Gasteiger charge is -2.23. The fourth-order valence-corrected chi connectivity index (χ4v) is 1.67. The number of rotatable bonds is 6. The van der Waals surface area contributed by atoms with E-state index in [4.69, 9.17) is 0 Å². The van der Waals surface area contributed by atoms with Crippen LogP contribution in [0.25, 0.3) is 0 Å². The standard InChI is InChI=1S/C13H25N3O/c1-5-6-12-14-7-8-16(12)10-11(17)9-15-13(2,3)4/h7-8,11,15,17H,5-6,9-10H2,1-4H3. The zero-order valence-corrected chi connectivity index (χ0v) is 11.4. The minimum Gasteiger partial charge on any atom is -0.390 e. The van der Waals surface area contributed by atoms with Crippen molar-refractivity contribution in [2.24, 2.45) is 0 Å². The van der Waals surface area contributed by atoms with E-state index >= 15 is 0 Å². The minimum atomic E-state index is -0.376. The number of nitrogens with zero attached hydrogens (tertiary/aromatic N) is 2. The molecule has 98 valence electrons. The normalized spacial score (nSPS) is 13.9. The second-order valence-corrected chi connectivity index (χ2v) is 5.53. The van der Waals surface area contributed by atoms with Crippen LogP contribution in [0.15, 0.2) is 12.4 Å². The molecular weight excluding hydrogens is 214 g/mol. The molecule has 0 aliphatic rings. The average Bonchev–Trinajstić information content (AvgIpc) is 2.63. The van der Waals surface area contributed by atoms with Crippen LogP contribution in [0, 0.1) is 0 Å². The molecule has 4 nitrogen and oxygen atoms in total. The summed E-state index contributed by atoms with van der Waals surface area (Å²) in [4.78, 5) is 4.30. The van der Waals surface area contributed by atoms with Crippen molar-refractivity contribution in [3.63, 3.8) is 0 Å². The average molecular weight is 239 g/mol. The quantitative estimate of drug-likeness (QED) is 0.792. The summed E-state index contributed by atoms with van der Waals surface area (Å²) in [6.07, 6.45) is 5.40. The first-order chi connectivity index (χ1) is 7.92. The van der Waals surface area contributed by atoms with Gasteiger partial charge in [0.1, 0.15) is 5.82 Å². The van der Waals surface area contributed by atoms with Crippen molar-refractivity contribution in [2.45, 2.75) is 58.7 Å². The Bertz CT molecular complexity index is 328. The maximum atomic E-state index is 9.97. The van der Waals surface area contributed by atoms with Gasteiger partial charge in [0.25, 0.3) is 0 Å². The van der Waals surface area contributed by atoms with E-state index in [-0.39, 0.29) is 11.6 Å². The van der Waals surface area contributed by atoms with Crippen molar-refractivity contribution >= 4 is 0 Å². The fourth-order valence-electron chi connectivity index (χ4n) is 1.67. The zero-order chi connectivity index (χ0) is 12.9. The second kappa shape index (κ2) is 6.17. The fraction of sp³-hybridized carbons (Fsp3) is 0.769. The lowest BCUT2D eigenvalue weighted by atomic mass is 10.1. The van der Waals surface area contributed by atoms with E-state index in [1.54, 1.807) is 6.20 Å². The topological polar surface area (TPSA) is 50.1 Å². The molecule has 1 rings (SSSR count). The van der Waals surface area contributed by atoms with Gasteiger partial charge >= 0.3 is 0 Å². The van der Waals surface area contributed by atoms with Crippen LogP contribution in [0.2, 0.25) is 0 Å². The van der Waals surface area contributed by atoms with Crippen LogP contribution in [0.3, 0.4) is 0 Å². The largest absolute Gasteiger partial charge is 0.390 e. The minimum absolute atomic E-state index is 0.0438. The Balaban J connectivity index is 2.44. The number of aliphatic hydroxyl groups is 1. The van der Waals surface area contributed by atoms with Gasteiger partial charge in [-0.05, 0) is 27.2 Å². The van der Waals surface area contributed by atoms with Gasteiger partial charge in [0.2, 0.25) is 0 Å². The lowest BCUT2D eigenvalue weighted by molar-refractivity contribution is 0.141. The number of imidazole rings is 1. The van der Waals surface area contributed by atoms with E-state index in [1.165, 1.54) is 0 Å². The zero-order valence-electron chi connectivity index (χ0n) is 11.4. The van der Waals surface area contributed by atoms with Crippen LogP contribution < -0.4 is 5.32 Å². The molecule has 0 saturated carbocycles. The maximum Gasteiger partial charge on any atom is 0.108 e. The molecule has 0 aliphatic carbocycles. The van der Waals surface area contributed by atoms with Crippen LogP contribution in [0.4, 0.5) is 0 Å². The van der Waals surface area contributed by atoms with Crippen LogP contribution in [-0.2, 0) is 13.0 Å². The first kappa shape index (κ1) is 14.2. The van der Waals surface area contributed by atoms with Gasteiger partial charge in [-0.3, -0.25) is 0 Å². The molecular formula is C13H25N3O. The van der Waals surface area contributed by atoms with E-state index in [0.717, 1.165) is 18.7 Å². The van der Waals surface area contributed by atoms with Gasteiger partial charge < -0.3 is 15.0 Å². The molecule has 0 bridgehead atoms. The Hall–Kier alpha value is -0.870. The molecule has 17 heavy (non-hydrogen) atoms. The monoisotopic (exact) mass is 239 g/mol. The number of aromatic nitrogens is 2. The predicted molar refractivity (Wildman–Crippen MR) is 70.0 cm³/mol. The Morgan fingerprint density at radius 3 is 2.76 bits per heavy atom. The number of nitrogens with one attached hydrogen (secondary N) is 1. The highest BCUT2D eigenvalue weighted by atomic mass is 16.3. The van der Waals surface area contributed by atoms with Crippen LogP contribution >= 0.6 is 0 Å². The summed E-state index contributed by atoms with van der Waals surface area (Å²) >= 11 is 0. The van der Waals surface area contributed by atoms with Gasteiger partial charge in [0.15, 0.2) is 0 Å². The van der Waals surface area contributed by atoms with Gasteiger partial charge in [-0.1, -0.05) is 6.92 Å². The van der Waals surface area contributed by atoms with Gasteiger partial charge in [0.05, 0.1) is 12.6 Å². The van der Waals surface area contributed by atoms with Gasteiger partial charge in [-0.15, -0.1) is 0 Å². The van der Waals surface area contributed by atoms with E-state index in [9.17, 15) is 5.11 Å². The third kappa shape index (κ3) is 5.33. The molecule has 0 amide bonds. The molecule has 0 aliphatic heterocycles. The molecule has 4 heteroatoms. The van der Waals surface area contributed by atoms with Crippen molar-refractivity contribution in [3.05, 3.63) is 18.2 Å². The molecule has 0 aromatic carbocycles. The summed E-state index contributed by atoms with van der Waals surface area (Å²) in [7, 11) is 0. The Labute approximate surface area is 104 Å². The Kier molecular flexibility index (Phi) is 5.15. The number of hydrogen-bond acceptors (Lipinski definition) is 3. The summed E-state index contributed by atoms with van der Waals surface area (Å²) in [6, 6.07) is 0. The number of β-amino-alcohol motifs (C(OH)–C–C–N with tert-alkyl or cyclic N) is 1. The first-order valence-corrected chi connectivity index (χ1v) is 6.35. The maximum absolute atomic E-state index is 9.97. The summed E-state index contributed by atoms with van der Waals surface area (Å²) in [5.74, 6) is 1.06. The van der Waals surface area contributed by atoms with Crippen LogP contribution in [-0.4, -0.2) is 32.8 Å². The van der Waals surface area contributed by atoms with E-state index in [0.29, 0.717) is 13.1 Å². The number of hydrogen-bond donors (Lipinski definition) is 2. The third-order valence-electron chi connectivity index (χ3n) is 2.55. The Morgan fingerprint density at radius 1 is 1.47 bits per heavy atom.